The minimum atomic E-state index is -0.206. The van der Waals surface area contributed by atoms with Crippen LogP contribution in [0.3, 0.4) is 0 Å². The molecule has 0 radical (unpaired) electrons. The second-order valence-corrected chi connectivity index (χ2v) is 5.45. The summed E-state index contributed by atoms with van der Waals surface area (Å²) in [5.74, 6) is 1.60. The lowest BCUT2D eigenvalue weighted by molar-refractivity contribution is 0.213. The lowest BCUT2D eigenvalue weighted by Gasteiger charge is -2.17. The van der Waals surface area contributed by atoms with Gasteiger partial charge in [-0.2, -0.15) is 5.10 Å². The molecule has 0 aliphatic heterocycles. The molecular formula is C17H17N3OS. The predicted octanol–water partition coefficient (Wildman–Crippen LogP) is 4.28. The number of nitrogens with zero attached hydrogens (tertiary/aromatic N) is 2. The van der Waals surface area contributed by atoms with Crippen LogP contribution in [0.2, 0.25) is 0 Å². The summed E-state index contributed by atoms with van der Waals surface area (Å²) in [7, 11) is 1.88. The van der Waals surface area contributed by atoms with Crippen LogP contribution in [0.25, 0.3) is 11.1 Å². The molecule has 5 heteroatoms. The molecule has 2 aromatic carbocycles. The van der Waals surface area contributed by atoms with Gasteiger partial charge in [0.15, 0.2) is 16.7 Å². The second kappa shape index (κ2) is 6.15. The number of nitrogens with one attached hydrogen (secondary N) is 1. The van der Waals surface area contributed by atoms with Crippen molar-refractivity contribution in [1.29, 1.82) is 0 Å². The summed E-state index contributed by atoms with van der Waals surface area (Å²) in [5.41, 5.74) is 2.19. The third-order valence-corrected chi connectivity index (χ3v) is 3.92. The highest BCUT2D eigenvalue weighted by atomic mass is 32.1. The van der Waals surface area contributed by atoms with Crippen LogP contribution in [0.1, 0.15) is 18.9 Å². The van der Waals surface area contributed by atoms with Crippen molar-refractivity contribution in [2.24, 2.45) is 7.05 Å². The third-order valence-electron chi connectivity index (χ3n) is 3.55. The maximum Gasteiger partial charge on any atom is 0.195 e. The van der Waals surface area contributed by atoms with Gasteiger partial charge < -0.3 is 9.30 Å². The number of hydrogen-bond donors (Lipinski definition) is 1. The van der Waals surface area contributed by atoms with Crippen molar-refractivity contribution in [2.45, 2.75) is 13.0 Å². The van der Waals surface area contributed by atoms with Gasteiger partial charge in [-0.25, -0.2) is 0 Å². The quantitative estimate of drug-likeness (QED) is 0.731. The first-order valence-corrected chi connectivity index (χ1v) is 7.50. The minimum absolute atomic E-state index is 0.206. The summed E-state index contributed by atoms with van der Waals surface area (Å²) in [5, 5.41) is 7.02. The van der Waals surface area contributed by atoms with Gasteiger partial charge in [0.1, 0.15) is 5.75 Å². The molecule has 3 aromatic rings. The van der Waals surface area contributed by atoms with E-state index in [4.69, 9.17) is 17.0 Å². The molecule has 0 aliphatic carbocycles. The van der Waals surface area contributed by atoms with Crippen LogP contribution in [0.4, 0.5) is 0 Å². The fourth-order valence-corrected chi connectivity index (χ4v) is 2.53. The standard InChI is InChI=1S/C17H17N3OS/c1-12(16-18-19-17(22)20(16)2)21-15-11-7-6-10-14(15)13-8-4-3-5-9-13/h3-12H,1-2H3,(H,19,22). The van der Waals surface area contributed by atoms with Gasteiger partial charge in [0.25, 0.3) is 0 Å². The number of rotatable bonds is 4. The molecule has 0 bridgehead atoms. The van der Waals surface area contributed by atoms with E-state index in [1.54, 1.807) is 0 Å². The maximum absolute atomic E-state index is 6.13. The Balaban J connectivity index is 1.93. The van der Waals surface area contributed by atoms with Gasteiger partial charge >= 0.3 is 0 Å². The van der Waals surface area contributed by atoms with Crippen LogP contribution in [0.5, 0.6) is 5.75 Å². The number of benzene rings is 2. The van der Waals surface area contributed by atoms with Crippen molar-refractivity contribution in [2.75, 3.05) is 0 Å². The Bertz CT molecular complexity index is 823. The Morgan fingerprint density at radius 2 is 1.77 bits per heavy atom. The first-order valence-electron chi connectivity index (χ1n) is 7.09. The average Bonchev–Trinajstić information content (AvgIpc) is 2.88. The van der Waals surface area contributed by atoms with Crippen LogP contribution in [-0.4, -0.2) is 14.8 Å². The van der Waals surface area contributed by atoms with E-state index in [1.807, 2.05) is 54.9 Å². The van der Waals surface area contributed by atoms with Crippen LogP contribution >= 0.6 is 12.2 Å². The largest absolute Gasteiger partial charge is 0.482 e. The van der Waals surface area contributed by atoms with E-state index < -0.39 is 0 Å². The van der Waals surface area contributed by atoms with E-state index in [0.717, 1.165) is 22.7 Å². The van der Waals surface area contributed by atoms with Crippen LogP contribution in [0.15, 0.2) is 54.6 Å². The van der Waals surface area contributed by atoms with Crippen molar-refractivity contribution in [3.05, 3.63) is 65.2 Å². The molecule has 1 atom stereocenters. The second-order valence-electron chi connectivity index (χ2n) is 5.07. The Morgan fingerprint density at radius 1 is 1.09 bits per heavy atom. The van der Waals surface area contributed by atoms with E-state index in [9.17, 15) is 0 Å². The van der Waals surface area contributed by atoms with Crippen molar-refractivity contribution >= 4 is 12.2 Å². The molecule has 0 spiro atoms. The number of ether oxygens (including phenoxy) is 1. The van der Waals surface area contributed by atoms with E-state index in [0.29, 0.717) is 4.77 Å². The number of hydrogen-bond acceptors (Lipinski definition) is 3. The van der Waals surface area contributed by atoms with Crippen LogP contribution in [-0.2, 0) is 7.05 Å². The molecule has 3 rings (SSSR count). The Labute approximate surface area is 134 Å². The van der Waals surface area contributed by atoms with Gasteiger partial charge in [0.05, 0.1) is 0 Å². The predicted molar refractivity (Wildman–Crippen MR) is 89.3 cm³/mol. The van der Waals surface area contributed by atoms with Crippen LogP contribution < -0.4 is 4.74 Å². The normalized spacial score (nSPS) is 12.1. The zero-order valence-corrected chi connectivity index (χ0v) is 13.3. The highest BCUT2D eigenvalue weighted by molar-refractivity contribution is 7.71. The fourth-order valence-electron chi connectivity index (χ4n) is 2.39. The zero-order chi connectivity index (χ0) is 15.5. The smallest absolute Gasteiger partial charge is 0.195 e. The molecule has 0 saturated carbocycles. The Kier molecular flexibility index (Phi) is 4.06. The van der Waals surface area contributed by atoms with E-state index >= 15 is 0 Å². The first-order chi connectivity index (χ1) is 10.7. The van der Waals surface area contributed by atoms with Gasteiger partial charge in [-0.3, -0.25) is 5.10 Å². The molecular weight excluding hydrogens is 294 g/mol. The summed E-state index contributed by atoms with van der Waals surface area (Å²) in [6.07, 6.45) is -0.206. The number of aromatic amines is 1. The topological polar surface area (TPSA) is 42.8 Å². The molecule has 0 fully saturated rings. The summed E-state index contributed by atoms with van der Waals surface area (Å²) in [6.45, 7) is 1.96. The lowest BCUT2D eigenvalue weighted by atomic mass is 10.0. The third kappa shape index (κ3) is 2.80. The highest BCUT2D eigenvalue weighted by Gasteiger charge is 2.15. The van der Waals surface area contributed by atoms with Crippen molar-refractivity contribution in [1.82, 2.24) is 14.8 Å². The van der Waals surface area contributed by atoms with Crippen molar-refractivity contribution in [3.63, 3.8) is 0 Å². The number of aromatic nitrogens is 3. The summed E-state index contributed by atoms with van der Waals surface area (Å²) in [4.78, 5) is 0. The van der Waals surface area contributed by atoms with Gasteiger partial charge in [-0.05, 0) is 30.8 Å². The molecule has 22 heavy (non-hydrogen) atoms. The zero-order valence-electron chi connectivity index (χ0n) is 12.5. The molecule has 1 aromatic heterocycles. The van der Waals surface area contributed by atoms with Gasteiger partial charge in [-0.15, -0.1) is 0 Å². The molecule has 1 heterocycles. The summed E-state index contributed by atoms with van der Waals surface area (Å²) < 4.78 is 8.54. The number of para-hydroxylation sites is 1. The summed E-state index contributed by atoms with van der Waals surface area (Å²) >= 11 is 5.15. The van der Waals surface area contributed by atoms with E-state index in [2.05, 4.69) is 28.4 Å². The van der Waals surface area contributed by atoms with Crippen molar-refractivity contribution in [3.8, 4) is 16.9 Å². The van der Waals surface area contributed by atoms with Gasteiger partial charge in [0.2, 0.25) is 0 Å². The molecule has 1 N–H and O–H groups in total. The molecule has 0 saturated heterocycles. The molecule has 112 valence electrons. The van der Waals surface area contributed by atoms with E-state index in [1.165, 1.54) is 0 Å². The molecule has 0 aliphatic rings. The minimum Gasteiger partial charge on any atom is -0.482 e. The molecule has 1 unspecified atom stereocenters. The average molecular weight is 311 g/mol. The van der Waals surface area contributed by atoms with E-state index in [-0.39, 0.29) is 6.10 Å². The lowest BCUT2D eigenvalue weighted by Crippen LogP contribution is -2.10. The highest BCUT2D eigenvalue weighted by Crippen LogP contribution is 2.32. The Morgan fingerprint density at radius 3 is 2.45 bits per heavy atom. The van der Waals surface area contributed by atoms with Crippen LogP contribution in [0, 0.1) is 4.77 Å². The summed E-state index contributed by atoms with van der Waals surface area (Å²) in [6, 6.07) is 18.2. The first kappa shape index (κ1) is 14.5. The SMILES string of the molecule is CC(Oc1ccccc1-c1ccccc1)c1n[nH]c(=S)n1C. The van der Waals surface area contributed by atoms with Crippen molar-refractivity contribution < 1.29 is 4.74 Å². The van der Waals surface area contributed by atoms with Gasteiger partial charge in [0, 0.05) is 12.6 Å². The fraction of sp³-hybridized carbons (Fsp3) is 0.176. The monoisotopic (exact) mass is 311 g/mol. The number of H-pyrrole nitrogens is 1. The molecule has 0 amide bonds. The molecule has 4 nitrogen and oxygen atoms in total. The Hall–Kier alpha value is -2.40. The maximum atomic E-state index is 6.13. The van der Waals surface area contributed by atoms with Gasteiger partial charge in [-0.1, -0.05) is 48.5 Å².